The van der Waals surface area contributed by atoms with Crippen LogP contribution in [-0.2, 0) is 0 Å². The van der Waals surface area contributed by atoms with E-state index in [0.29, 0.717) is 0 Å². The fourth-order valence-corrected chi connectivity index (χ4v) is 9.01. The van der Waals surface area contributed by atoms with Gasteiger partial charge in [-0.2, -0.15) is 0 Å². The van der Waals surface area contributed by atoms with Crippen molar-refractivity contribution in [1.29, 1.82) is 0 Å². The van der Waals surface area contributed by atoms with Gasteiger partial charge >= 0.3 is 0 Å². The standard InChI is InChI=1S/C55H39N3/c1-37(24-35-50-38(2)45-16-6-10-20-51(45)56(50)42-28-25-40(26-29-42)39-14-4-3-5-15-39)41-27-34-49-48-19-9-13-23-54(48)58(55(49)36-41)44-32-30-43(31-33-44)57-52-21-11-7-17-46(52)47-18-8-12-22-53(47)57/h3-36H,1H2,2H3/b35-24-. The number of allylic oxidation sites excluding steroid dienone is 2. The summed E-state index contributed by atoms with van der Waals surface area (Å²) in [6.07, 6.45) is 4.40. The van der Waals surface area contributed by atoms with E-state index >= 15 is 0 Å². The molecule has 0 fully saturated rings. The second kappa shape index (κ2) is 13.5. The van der Waals surface area contributed by atoms with Gasteiger partial charge in [0, 0.05) is 49.7 Å². The number of hydrogen-bond acceptors (Lipinski definition) is 0. The molecular formula is C55H39N3. The van der Waals surface area contributed by atoms with Crippen LogP contribution in [0.15, 0.2) is 207 Å². The molecule has 0 N–H and O–H groups in total. The number of aromatic nitrogens is 3. The monoisotopic (exact) mass is 741 g/mol. The van der Waals surface area contributed by atoms with Crippen molar-refractivity contribution in [1.82, 2.24) is 13.7 Å². The summed E-state index contributed by atoms with van der Waals surface area (Å²) in [6.45, 7) is 6.83. The molecule has 0 radical (unpaired) electrons. The third kappa shape index (κ3) is 5.36. The fourth-order valence-electron chi connectivity index (χ4n) is 9.01. The average molecular weight is 742 g/mol. The van der Waals surface area contributed by atoms with Crippen LogP contribution in [0.5, 0.6) is 0 Å². The first-order chi connectivity index (χ1) is 28.6. The molecule has 3 nitrogen and oxygen atoms in total. The SMILES string of the molecule is C=C(/C=C\c1c(C)c2ccccc2n1-c1ccc(-c2ccccc2)cc1)c1ccc2c3ccccc3n(-c3ccc(-n4c5ccccc5c5ccccc54)cc3)c2c1. The van der Waals surface area contributed by atoms with Gasteiger partial charge in [0.25, 0.3) is 0 Å². The highest BCUT2D eigenvalue weighted by Crippen LogP contribution is 2.37. The minimum atomic E-state index is 0.955. The molecule has 0 aliphatic carbocycles. The first-order valence-corrected chi connectivity index (χ1v) is 19.9. The lowest BCUT2D eigenvalue weighted by Gasteiger charge is -2.12. The quantitative estimate of drug-likeness (QED) is 0.145. The van der Waals surface area contributed by atoms with Gasteiger partial charge in [0.2, 0.25) is 0 Å². The Labute approximate surface area is 337 Å². The van der Waals surface area contributed by atoms with E-state index in [4.69, 9.17) is 0 Å². The second-order valence-electron chi connectivity index (χ2n) is 15.1. The van der Waals surface area contributed by atoms with Crippen molar-refractivity contribution >= 4 is 66.2 Å². The summed E-state index contributed by atoms with van der Waals surface area (Å²) in [4.78, 5) is 0. The molecule has 11 rings (SSSR count). The molecule has 274 valence electrons. The Morgan fingerprint density at radius 1 is 0.397 bits per heavy atom. The Balaban J connectivity index is 0.980. The van der Waals surface area contributed by atoms with Crippen LogP contribution in [0.25, 0.3) is 94.4 Å². The largest absolute Gasteiger partial charge is 0.310 e. The van der Waals surface area contributed by atoms with Crippen molar-refractivity contribution in [3.05, 3.63) is 224 Å². The van der Waals surface area contributed by atoms with Crippen molar-refractivity contribution in [3.63, 3.8) is 0 Å². The zero-order valence-electron chi connectivity index (χ0n) is 32.2. The highest BCUT2D eigenvalue weighted by molar-refractivity contribution is 6.11. The summed E-state index contributed by atoms with van der Waals surface area (Å²) in [7, 11) is 0. The molecule has 3 heteroatoms. The number of nitrogens with zero attached hydrogens (tertiary/aromatic N) is 3. The summed E-state index contributed by atoms with van der Waals surface area (Å²) in [5, 5.41) is 6.23. The lowest BCUT2D eigenvalue weighted by molar-refractivity contribution is 1.10. The molecule has 0 aliphatic rings. The van der Waals surface area contributed by atoms with Gasteiger partial charge in [-0.1, -0.05) is 140 Å². The van der Waals surface area contributed by atoms with Gasteiger partial charge in [-0.25, -0.2) is 0 Å². The van der Waals surface area contributed by atoms with Crippen LogP contribution >= 0.6 is 0 Å². The molecule has 0 saturated carbocycles. The average Bonchev–Trinajstić information content (AvgIpc) is 3.90. The molecule has 3 heterocycles. The molecule has 3 aromatic heterocycles. The lowest BCUT2D eigenvalue weighted by atomic mass is 10.0. The second-order valence-corrected chi connectivity index (χ2v) is 15.1. The molecule has 0 saturated heterocycles. The van der Waals surface area contributed by atoms with E-state index in [0.717, 1.165) is 39.4 Å². The molecule has 0 spiro atoms. The molecule has 0 aliphatic heterocycles. The van der Waals surface area contributed by atoms with Gasteiger partial charge in [-0.15, -0.1) is 0 Å². The van der Waals surface area contributed by atoms with Crippen molar-refractivity contribution in [2.75, 3.05) is 0 Å². The van der Waals surface area contributed by atoms with Crippen LogP contribution in [0, 0.1) is 6.92 Å². The topological polar surface area (TPSA) is 14.8 Å². The fraction of sp³-hybridized carbons (Fsp3) is 0.0182. The van der Waals surface area contributed by atoms with Crippen LogP contribution < -0.4 is 0 Å². The third-order valence-corrected chi connectivity index (χ3v) is 11.8. The predicted octanol–water partition coefficient (Wildman–Crippen LogP) is 14.5. The van der Waals surface area contributed by atoms with E-state index in [-0.39, 0.29) is 0 Å². The number of benzene rings is 8. The maximum Gasteiger partial charge on any atom is 0.0547 e. The minimum Gasteiger partial charge on any atom is -0.310 e. The number of hydrogen-bond donors (Lipinski definition) is 0. The number of para-hydroxylation sites is 4. The maximum atomic E-state index is 4.62. The van der Waals surface area contributed by atoms with Crippen molar-refractivity contribution < 1.29 is 0 Å². The minimum absolute atomic E-state index is 0.955. The Bertz CT molecular complexity index is 3340. The van der Waals surface area contributed by atoms with Crippen molar-refractivity contribution in [2.24, 2.45) is 0 Å². The summed E-state index contributed by atoms with van der Waals surface area (Å²) in [5.74, 6) is 0. The first-order valence-electron chi connectivity index (χ1n) is 19.9. The van der Waals surface area contributed by atoms with E-state index < -0.39 is 0 Å². The van der Waals surface area contributed by atoms with Crippen LogP contribution in [0.2, 0.25) is 0 Å². The normalized spacial score (nSPS) is 11.9. The summed E-state index contributed by atoms with van der Waals surface area (Å²) < 4.78 is 7.13. The molecule has 0 bridgehead atoms. The molecule has 11 aromatic rings. The van der Waals surface area contributed by atoms with E-state index in [1.165, 1.54) is 65.7 Å². The predicted molar refractivity (Wildman–Crippen MR) is 247 cm³/mol. The molecule has 8 aromatic carbocycles. The Hall–Kier alpha value is -7.62. The molecule has 0 unspecified atom stereocenters. The summed E-state index contributed by atoms with van der Waals surface area (Å²) in [6, 6.07) is 69.9. The molecule has 0 atom stereocenters. The van der Waals surface area contributed by atoms with Gasteiger partial charge in [-0.05, 0) is 108 Å². The van der Waals surface area contributed by atoms with Gasteiger partial charge in [0.15, 0.2) is 0 Å². The Morgan fingerprint density at radius 3 is 1.38 bits per heavy atom. The summed E-state index contributed by atoms with van der Waals surface area (Å²) >= 11 is 0. The Morgan fingerprint density at radius 2 is 0.810 bits per heavy atom. The molecule has 58 heavy (non-hydrogen) atoms. The maximum absolute atomic E-state index is 4.62. The van der Waals surface area contributed by atoms with Crippen molar-refractivity contribution in [2.45, 2.75) is 6.92 Å². The number of fused-ring (bicyclic) bond motifs is 7. The molecule has 0 amide bonds. The first kappa shape index (κ1) is 33.7. The van der Waals surface area contributed by atoms with Crippen LogP contribution in [0.1, 0.15) is 16.8 Å². The zero-order chi connectivity index (χ0) is 38.7. The van der Waals surface area contributed by atoms with Crippen LogP contribution in [-0.4, -0.2) is 13.7 Å². The smallest absolute Gasteiger partial charge is 0.0547 e. The number of aryl methyl sites for hydroxylation is 1. The highest BCUT2D eigenvalue weighted by atomic mass is 15.0. The van der Waals surface area contributed by atoms with Gasteiger partial charge < -0.3 is 13.7 Å². The van der Waals surface area contributed by atoms with E-state index in [9.17, 15) is 0 Å². The third-order valence-electron chi connectivity index (χ3n) is 11.8. The molecular weight excluding hydrogens is 703 g/mol. The Kier molecular flexibility index (Phi) is 7.87. The summed E-state index contributed by atoms with van der Waals surface area (Å²) in [5.41, 5.74) is 16.2. The van der Waals surface area contributed by atoms with E-state index in [2.05, 4.69) is 233 Å². The number of rotatable bonds is 7. The van der Waals surface area contributed by atoms with Crippen LogP contribution in [0.3, 0.4) is 0 Å². The lowest BCUT2D eigenvalue weighted by Crippen LogP contribution is -1.97. The zero-order valence-corrected chi connectivity index (χ0v) is 32.2. The van der Waals surface area contributed by atoms with Crippen LogP contribution in [0.4, 0.5) is 0 Å². The van der Waals surface area contributed by atoms with E-state index in [1.807, 2.05) is 0 Å². The van der Waals surface area contributed by atoms with E-state index in [1.54, 1.807) is 0 Å². The van der Waals surface area contributed by atoms with Gasteiger partial charge in [0.1, 0.15) is 0 Å². The van der Waals surface area contributed by atoms with Gasteiger partial charge in [0.05, 0.1) is 27.6 Å². The highest BCUT2D eigenvalue weighted by Gasteiger charge is 2.17. The van der Waals surface area contributed by atoms with Gasteiger partial charge in [-0.3, -0.25) is 0 Å². The van der Waals surface area contributed by atoms with Crippen molar-refractivity contribution in [3.8, 4) is 28.2 Å².